The lowest BCUT2D eigenvalue weighted by molar-refractivity contribution is -0.134. The van der Waals surface area contributed by atoms with Gasteiger partial charge in [0.15, 0.2) is 12.3 Å². The Bertz CT molecular complexity index is 740. The first kappa shape index (κ1) is 15.7. The van der Waals surface area contributed by atoms with Gasteiger partial charge in [-0.2, -0.15) is 0 Å². The van der Waals surface area contributed by atoms with Gasteiger partial charge in [0.1, 0.15) is 0 Å². The minimum absolute atomic E-state index is 0.00474. The van der Waals surface area contributed by atoms with Gasteiger partial charge in [-0.3, -0.25) is 4.79 Å². The number of pyridine rings is 1. The maximum Gasteiger partial charge on any atom is 0.260 e. The number of hydrogen-bond donors (Lipinski definition) is 1. The van der Waals surface area contributed by atoms with E-state index in [2.05, 4.69) is 22.3 Å². The maximum absolute atomic E-state index is 12.3. The quantitative estimate of drug-likeness (QED) is 0.906. The first-order valence-corrected chi connectivity index (χ1v) is 7.90. The van der Waals surface area contributed by atoms with Crippen molar-refractivity contribution < 1.29 is 9.53 Å². The van der Waals surface area contributed by atoms with E-state index in [1.165, 1.54) is 0 Å². The molecule has 1 atom stereocenters. The molecule has 0 radical (unpaired) electrons. The molecule has 1 N–H and O–H groups in total. The number of fused-ring (bicyclic) bond motifs is 1. The molecule has 1 fully saturated rings. The number of carbonyl (C=O) groups is 1. The monoisotopic (exact) mass is 317 g/mol. The lowest BCUT2D eigenvalue weighted by Crippen LogP contribution is -2.52. The molecule has 3 heterocycles. The Labute approximate surface area is 135 Å². The van der Waals surface area contributed by atoms with Crippen molar-refractivity contribution >= 4 is 16.9 Å². The van der Waals surface area contributed by atoms with Crippen molar-refractivity contribution in [2.75, 3.05) is 26.2 Å². The Morgan fingerprint density at radius 2 is 2.26 bits per heavy atom. The van der Waals surface area contributed by atoms with Crippen LogP contribution in [0.25, 0.3) is 11.0 Å². The Morgan fingerprint density at radius 1 is 1.48 bits per heavy atom. The molecule has 1 amide bonds. The zero-order chi connectivity index (χ0) is 16.6. The number of nitrogens with zero attached hydrogens (tertiary/aromatic N) is 4. The van der Waals surface area contributed by atoms with Crippen LogP contribution in [0, 0.1) is 13.8 Å². The minimum atomic E-state index is -0.00474. The van der Waals surface area contributed by atoms with E-state index in [9.17, 15) is 4.79 Å². The summed E-state index contributed by atoms with van der Waals surface area (Å²) in [6, 6.07) is 2.31. The van der Waals surface area contributed by atoms with Crippen molar-refractivity contribution in [1.29, 1.82) is 0 Å². The van der Waals surface area contributed by atoms with E-state index in [1.807, 2.05) is 31.9 Å². The van der Waals surface area contributed by atoms with Gasteiger partial charge in [0, 0.05) is 38.4 Å². The second kappa shape index (κ2) is 6.16. The van der Waals surface area contributed by atoms with Crippen molar-refractivity contribution in [3.63, 3.8) is 0 Å². The van der Waals surface area contributed by atoms with Gasteiger partial charge in [0.25, 0.3) is 5.91 Å². The number of aryl methyl sites for hydroxylation is 3. The average Bonchev–Trinajstić information content (AvgIpc) is 2.81. The van der Waals surface area contributed by atoms with Crippen LogP contribution in [0.5, 0.6) is 5.88 Å². The third-order valence-corrected chi connectivity index (χ3v) is 4.14. The van der Waals surface area contributed by atoms with Gasteiger partial charge in [-0.15, -0.1) is 5.10 Å². The standard InChI is InChI=1S/C16H23N5O2/c1-10-7-11(2)18-15-14(10)16(19-20(15)4)23-9-13(22)21-6-5-17-12(3)8-21/h7,12,17H,5-6,8-9H2,1-4H3/t12-/m0/s1. The van der Waals surface area contributed by atoms with Crippen molar-refractivity contribution in [2.24, 2.45) is 7.05 Å². The summed E-state index contributed by atoms with van der Waals surface area (Å²) in [4.78, 5) is 18.7. The van der Waals surface area contributed by atoms with Crippen molar-refractivity contribution in [1.82, 2.24) is 25.0 Å². The molecule has 1 saturated heterocycles. The van der Waals surface area contributed by atoms with Gasteiger partial charge in [-0.25, -0.2) is 9.67 Å². The second-order valence-electron chi connectivity index (χ2n) is 6.19. The summed E-state index contributed by atoms with van der Waals surface area (Å²) in [6.07, 6.45) is 0. The summed E-state index contributed by atoms with van der Waals surface area (Å²) >= 11 is 0. The van der Waals surface area contributed by atoms with Crippen LogP contribution >= 0.6 is 0 Å². The number of nitrogens with one attached hydrogen (secondary N) is 1. The van der Waals surface area contributed by atoms with Gasteiger partial charge >= 0.3 is 0 Å². The minimum Gasteiger partial charge on any atom is -0.466 e. The van der Waals surface area contributed by atoms with Gasteiger partial charge in [0.05, 0.1) is 5.39 Å². The molecule has 7 heteroatoms. The van der Waals surface area contributed by atoms with Crippen molar-refractivity contribution in [2.45, 2.75) is 26.8 Å². The highest BCUT2D eigenvalue weighted by molar-refractivity contribution is 5.85. The number of rotatable bonds is 3. The fraction of sp³-hybridized carbons (Fsp3) is 0.562. The summed E-state index contributed by atoms with van der Waals surface area (Å²) in [5.74, 6) is 0.471. The number of ether oxygens (including phenoxy) is 1. The maximum atomic E-state index is 12.3. The van der Waals surface area contributed by atoms with Gasteiger partial charge < -0.3 is 15.0 Å². The van der Waals surface area contributed by atoms with E-state index in [0.29, 0.717) is 18.5 Å². The lowest BCUT2D eigenvalue weighted by Gasteiger charge is -2.31. The Morgan fingerprint density at radius 3 is 3.00 bits per heavy atom. The van der Waals surface area contributed by atoms with Crippen molar-refractivity contribution in [3.05, 3.63) is 17.3 Å². The van der Waals surface area contributed by atoms with Crippen LogP contribution in [0.3, 0.4) is 0 Å². The number of hydrogen-bond acceptors (Lipinski definition) is 5. The highest BCUT2D eigenvalue weighted by Gasteiger charge is 2.22. The van der Waals surface area contributed by atoms with E-state index in [0.717, 1.165) is 35.4 Å². The Balaban J connectivity index is 1.76. The molecule has 0 saturated carbocycles. The summed E-state index contributed by atoms with van der Waals surface area (Å²) in [5.41, 5.74) is 2.77. The predicted molar refractivity (Wildman–Crippen MR) is 87.5 cm³/mol. The highest BCUT2D eigenvalue weighted by atomic mass is 16.5. The van der Waals surface area contributed by atoms with E-state index in [-0.39, 0.29) is 12.5 Å². The molecular formula is C16H23N5O2. The molecule has 0 unspecified atom stereocenters. The predicted octanol–water partition coefficient (Wildman–Crippen LogP) is 0.784. The Hall–Kier alpha value is -2.15. The number of piperazine rings is 1. The third-order valence-electron chi connectivity index (χ3n) is 4.14. The Kier molecular flexibility index (Phi) is 4.21. The molecular weight excluding hydrogens is 294 g/mol. The molecule has 2 aromatic rings. The van der Waals surface area contributed by atoms with Crippen LogP contribution in [-0.2, 0) is 11.8 Å². The molecule has 0 aromatic carbocycles. The smallest absolute Gasteiger partial charge is 0.260 e. The molecule has 1 aliphatic heterocycles. The molecule has 0 bridgehead atoms. The number of carbonyl (C=O) groups excluding carboxylic acids is 1. The largest absolute Gasteiger partial charge is 0.466 e. The molecule has 0 aliphatic carbocycles. The number of aromatic nitrogens is 3. The second-order valence-corrected chi connectivity index (χ2v) is 6.19. The summed E-state index contributed by atoms with van der Waals surface area (Å²) in [7, 11) is 1.83. The molecule has 23 heavy (non-hydrogen) atoms. The van der Waals surface area contributed by atoms with E-state index in [4.69, 9.17) is 4.74 Å². The van der Waals surface area contributed by atoms with Crippen molar-refractivity contribution in [3.8, 4) is 5.88 Å². The SMILES string of the molecule is Cc1cc(C)c2c(OCC(=O)N3CCN[C@@H](C)C3)nn(C)c2n1. The van der Waals surface area contributed by atoms with Gasteiger partial charge in [0.2, 0.25) is 5.88 Å². The summed E-state index contributed by atoms with van der Waals surface area (Å²) in [5, 5.41) is 8.57. The van der Waals surface area contributed by atoms with E-state index >= 15 is 0 Å². The normalized spacial score (nSPS) is 18.4. The molecule has 124 valence electrons. The van der Waals surface area contributed by atoms with Crippen LogP contribution in [0.15, 0.2) is 6.07 Å². The van der Waals surface area contributed by atoms with E-state index in [1.54, 1.807) is 4.68 Å². The van der Waals surface area contributed by atoms with Crippen LogP contribution in [-0.4, -0.2) is 57.9 Å². The lowest BCUT2D eigenvalue weighted by atomic mass is 10.2. The first-order valence-electron chi connectivity index (χ1n) is 7.90. The van der Waals surface area contributed by atoms with E-state index < -0.39 is 0 Å². The summed E-state index contributed by atoms with van der Waals surface area (Å²) in [6.45, 7) is 8.29. The fourth-order valence-corrected chi connectivity index (χ4v) is 3.03. The van der Waals surface area contributed by atoms with Crippen LogP contribution in [0.2, 0.25) is 0 Å². The van der Waals surface area contributed by atoms with Crippen LogP contribution in [0.4, 0.5) is 0 Å². The zero-order valence-electron chi connectivity index (χ0n) is 14.1. The molecule has 3 rings (SSSR count). The third kappa shape index (κ3) is 3.14. The van der Waals surface area contributed by atoms with Gasteiger partial charge in [-0.05, 0) is 32.4 Å². The highest BCUT2D eigenvalue weighted by Crippen LogP contribution is 2.27. The molecule has 7 nitrogen and oxygen atoms in total. The molecule has 1 aliphatic rings. The van der Waals surface area contributed by atoms with Crippen LogP contribution < -0.4 is 10.1 Å². The molecule has 0 spiro atoms. The number of amides is 1. The average molecular weight is 317 g/mol. The zero-order valence-corrected chi connectivity index (χ0v) is 14.1. The summed E-state index contributed by atoms with van der Waals surface area (Å²) < 4.78 is 7.42. The first-order chi connectivity index (χ1) is 11.0. The van der Waals surface area contributed by atoms with Gasteiger partial charge in [-0.1, -0.05) is 0 Å². The fourth-order valence-electron chi connectivity index (χ4n) is 3.03. The van der Waals surface area contributed by atoms with Crippen LogP contribution in [0.1, 0.15) is 18.2 Å². The topological polar surface area (TPSA) is 72.3 Å². The molecule has 2 aromatic heterocycles.